The normalized spacial score (nSPS) is 10.3. The number of primary amides is 1. The van der Waals surface area contributed by atoms with E-state index < -0.39 is 17.5 Å². The second kappa shape index (κ2) is 5.88. The summed E-state index contributed by atoms with van der Waals surface area (Å²) in [5.41, 5.74) is 5.70. The number of nitrogens with one attached hydrogen (secondary N) is 1. The molecule has 0 saturated heterocycles. The molecule has 0 aliphatic heterocycles. The minimum Gasteiger partial charge on any atom is -0.381 e. The lowest BCUT2D eigenvalue weighted by Crippen LogP contribution is -2.13. The first-order chi connectivity index (χ1) is 9.47. The zero-order valence-electron chi connectivity index (χ0n) is 10.3. The Labute approximate surface area is 119 Å². The van der Waals surface area contributed by atoms with Gasteiger partial charge < -0.3 is 11.1 Å². The first kappa shape index (κ1) is 14.3. The molecule has 0 saturated carbocycles. The molecule has 2 rings (SSSR count). The first-order valence-corrected chi connectivity index (χ1v) is 6.12. The summed E-state index contributed by atoms with van der Waals surface area (Å²) in [5, 5.41) is 3.20. The number of benzene rings is 2. The highest BCUT2D eigenvalue weighted by molar-refractivity contribution is 6.30. The number of hydrogen-bond donors (Lipinski definition) is 2. The van der Waals surface area contributed by atoms with Crippen molar-refractivity contribution in [3.05, 3.63) is 64.2 Å². The van der Waals surface area contributed by atoms with Crippen LogP contribution < -0.4 is 11.1 Å². The molecule has 0 atom stereocenters. The van der Waals surface area contributed by atoms with Gasteiger partial charge in [0, 0.05) is 22.8 Å². The van der Waals surface area contributed by atoms with Crippen molar-refractivity contribution in [3.8, 4) is 0 Å². The van der Waals surface area contributed by atoms with Crippen LogP contribution in [0.1, 0.15) is 15.9 Å². The Morgan fingerprint density at radius 3 is 2.55 bits per heavy atom. The molecule has 0 bridgehead atoms. The van der Waals surface area contributed by atoms with Crippen LogP contribution in [0.4, 0.5) is 14.5 Å². The van der Waals surface area contributed by atoms with E-state index in [2.05, 4.69) is 5.32 Å². The minimum absolute atomic E-state index is 0.173. The van der Waals surface area contributed by atoms with Gasteiger partial charge in [0.25, 0.3) is 5.91 Å². The van der Waals surface area contributed by atoms with E-state index in [4.69, 9.17) is 17.3 Å². The van der Waals surface area contributed by atoms with Gasteiger partial charge in [0.2, 0.25) is 0 Å². The Morgan fingerprint density at radius 1 is 1.15 bits per heavy atom. The molecule has 20 heavy (non-hydrogen) atoms. The highest BCUT2D eigenvalue weighted by atomic mass is 35.5. The third-order valence-corrected chi connectivity index (χ3v) is 2.96. The zero-order chi connectivity index (χ0) is 14.7. The van der Waals surface area contributed by atoms with Gasteiger partial charge in [0.05, 0.1) is 5.56 Å². The van der Waals surface area contributed by atoms with Crippen molar-refractivity contribution in [1.29, 1.82) is 0 Å². The molecule has 0 aliphatic rings. The molecule has 3 nitrogen and oxygen atoms in total. The van der Waals surface area contributed by atoms with Crippen molar-refractivity contribution < 1.29 is 13.6 Å². The monoisotopic (exact) mass is 296 g/mol. The number of hydrogen-bond acceptors (Lipinski definition) is 2. The summed E-state index contributed by atoms with van der Waals surface area (Å²) in [7, 11) is 0. The van der Waals surface area contributed by atoms with Crippen LogP contribution in [0, 0.1) is 11.6 Å². The van der Waals surface area contributed by atoms with Crippen molar-refractivity contribution in [2.75, 3.05) is 5.32 Å². The Bertz CT molecular complexity index is 662. The predicted molar refractivity (Wildman–Crippen MR) is 73.7 cm³/mol. The summed E-state index contributed by atoms with van der Waals surface area (Å²) in [6, 6.07) is 8.17. The average molecular weight is 297 g/mol. The van der Waals surface area contributed by atoms with Gasteiger partial charge in [-0.25, -0.2) is 8.78 Å². The molecule has 0 spiro atoms. The lowest BCUT2D eigenvalue weighted by Gasteiger charge is -2.09. The van der Waals surface area contributed by atoms with Crippen LogP contribution in [0.2, 0.25) is 5.02 Å². The molecular weight excluding hydrogens is 286 g/mol. The van der Waals surface area contributed by atoms with E-state index >= 15 is 0 Å². The van der Waals surface area contributed by atoms with Crippen LogP contribution in [0.25, 0.3) is 0 Å². The number of halogens is 3. The SMILES string of the molecule is NC(=O)c1cc(NCc2ccc(Cl)cc2F)ccc1F. The maximum atomic E-state index is 13.6. The second-order valence-electron chi connectivity index (χ2n) is 4.15. The summed E-state index contributed by atoms with van der Waals surface area (Å²) >= 11 is 5.65. The largest absolute Gasteiger partial charge is 0.381 e. The summed E-state index contributed by atoms with van der Waals surface area (Å²) in [6.45, 7) is 0.173. The van der Waals surface area contributed by atoms with Gasteiger partial charge >= 0.3 is 0 Å². The van der Waals surface area contributed by atoms with Gasteiger partial charge in [0.1, 0.15) is 11.6 Å². The van der Waals surface area contributed by atoms with E-state index in [0.29, 0.717) is 16.3 Å². The van der Waals surface area contributed by atoms with Gasteiger partial charge in [-0.05, 0) is 30.3 Å². The second-order valence-corrected chi connectivity index (χ2v) is 4.58. The number of carbonyl (C=O) groups excluding carboxylic acids is 1. The Kier molecular flexibility index (Phi) is 4.20. The fourth-order valence-corrected chi connectivity index (χ4v) is 1.85. The van der Waals surface area contributed by atoms with Crippen LogP contribution in [0.3, 0.4) is 0 Å². The molecule has 1 amide bonds. The van der Waals surface area contributed by atoms with E-state index in [0.717, 1.165) is 6.07 Å². The molecule has 0 unspecified atom stereocenters. The minimum atomic E-state index is -0.858. The number of anilines is 1. The van der Waals surface area contributed by atoms with Gasteiger partial charge in [-0.2, -0.15) is 0 Å². The van der Waals surface area contributed by atoms with Crippen molar-refractivity contribution in [2.24, 2.45) is 5.73 Å². The lowest BCUT2D eigenvalue weighted by atomic mass is 10.1. The average Bonchev–Trinajstić information content (AvgIpc) is 2.39. The third-order valence-electron chi connectivity index (χ3n) is 2.73. The van der Waals surface area contributed by atoms with Crippen molar-refractivity contribution in [3.63, 3.8) is 0 Å². The molecule has 2 aromatic rings. The van der Waals surface area contributed by atoms with E-state index in [9.17, 15) is 13.6 Å². The standard InChI is InChI=1S/C14H11ClF2N2O/c15-9-2-1-8(13(17)5-9)7-19-10-3-4-12(16)11(6-10)14(18)20/h1-6,19H,7H2,(H2,18,20). The third kappa shape index (κ3) is 3.24. The van der Waals surface area contributed by atoms with Crippen LogP contribution in [0.5, 0.6) is 0 Å². The zero-order valence-corrected chi connectivity index (χ0v) is 11.0. The van der Waals surface area contributed by atoms with Gasteiger partial charge in [-0.1, -0.05) is 17.7 Å². The number of nitrogens with two attached hydrogens (primary N) is 1. The molecular formula is C14H11ClF2N2O. The highest BCUT2D eigenvalue weighted by Crippen LogP contribution is 2.18. The van der Waals surface area contributed by atoms with Crippen molar-refractivity contribution >= 4 is 23.2 Å². The molecule has 0 radical (unpaired) electrons. The molecule has 0 fully saturated rings. The van der Waals surface area contributed by atoms with E-state index in [1.807, 2.05) is 0 Å². The maximum absolute atomic E-state index is 13.6. The molecule has 104 valence electrons. The maximum Gasteiger partial charge on any atom is 0.251 e. The van der Waals surface area contributed by atoms with Crippen LogP contribution in [-0.2, 0) is 6.54 Å². The first-order valence-electron chi connectivity index (χ1n) is 5.74. The van der Waals surface area contributed by atoms with Gasteiger partial charge in [-0.15, -0.1) is 0 Å². The molecule has 6 heteroatoms. The summed E-state index contributed by atoms with van der Waals surface area (Å²) in [4.78, 5) is 11.0. The number of amides is 1. The Morgan fingerprint density at radius 2 is 1.90 bits per heavy atom. The van der Waals surface area contributed by atoms with Crippen molar-refractivity contribution in [1.82, 2.24) is 0 Å². The van der Waals surface area contributed by atoms with Gasteiger partial charge in [-0.3, -0.25) is 4.79 Å². The Hall–Kier alpha value is -2.14. The number of carbonyl (C=O) groups is 1. The summed E-state index contributed by atoms with van der Waals surface area (Å²) in [6.07, 6.45) is 0. The van der Waals surface area contributed by atoms with Gasteiger partial charge in [0.15, 0.2) is 0 Å². The van der Waals surface area contributed by atoms with Crippen LogP contribution in [0.15, 0.2) is 36.4 Å². The predicted octanol–water partition coefficient (Wildman–Crippen LogP) is 3.33. The molecule has 3 N–H and O–H groups in total. The quantitative estimate of drug-likeness (QED) is 0.909. The molecule has 2 aromatic carbocycles. The Balaban J connectivity index is 2.15. The molecule has 0 aromatic heterocycles. The molecule has 0 aliphatic carbocycles. The molecule has 0 heterocycles. The summed E-state index contributed by atoms with van der Waals surface area (Å²) < 4.78 is 26.9. The number of rotatable bonds is 4. The van der Waals surface area contributed by atoms with E-state index in [-0.39, 0.29) is 12.1 Å². The topological polar surface area (TPSA) is 55.1 Å². The highest BCUT2D eigenvalue weighted by Gasteiger charge is 2.09. The van der Waals surface area contributed by atoms with E-state index in [1.54, 1.807) is 12.1 Å². The fraction of sp³-hybridized carbons (Fsp3) is 0.0714. The smallest absolute Gasteiger partial charge is 0.251 e. The van der Waals surface area contributed by atoms with Crippen molar-refractivity contribution in [2.45, 2.75) is 6.54 Å². The lowest BCUT2D eigenvalue weighted by molar-refractivity contribution is 0.0996. The fourth-order valence-electron chi connectivity index (χ4n) is 1.69. The summed E-state index contributed by atoms with van der Waals surface area (Å²) in [5.74, 6) is -1.99. The van der Waals surface area contributed by atoms with Crippen LogP contribution >= 0.6 is 11.6 Å². The van der Waals surface area contributed by atoms with Crippen LogP contribution in [-0.4, -0.2) is 5.91 Å². The van der Waals surface area contributed by atoms with E-state index in [1.165, 1.54) is 18.2 Å².